The molecule has 2 unspecified atom stereocenters. The predicted octanol–water partition coefficient (Wildman–Crippen LogP) is 0.696. The number of aliphatic carboxylic acids is 2. The second-order valence-corrected chi connectivity index (χ2v) is 6.48. The van der Waals surface area contributed by atoms with Crippen molar-refractivity contribution in [2.75, 3.05) is 6.61 Å². The van der Waals surface area contributed by atoms with Gasteiger partial charge in [0.1, 0.15) is 0 Å². The van der Waals surface area contributed by atoms with Gasteiger partial charge in [-0.05, 0) is 18.5 Å². The van der Waals surface area contributed by atoms with Crippen molar-refractivity contribution in [2.24, 2.45) is 5.92 Å². The van der Waals surface area contributed by atoms with Gasteiger partial charge in [-0.1, -0.05) is 6.42 Å². The molecule has 1 fully saturated rings. The monoisotopic (exact) mass is 232 g/mol. The Labute approximate surface area is 89.8 Å². The number of rotatable bonds is 5. The molecule has 6 heteroatoms. The van der Waals surface area contributed by atoms with Crippen LogP contribution >= 0.6 is 0 Å². The van der Waals surface area contributed by atoms with Gasteiger partial charge in [-0.3, -0.25) is 9.59 Å². The van der Waals surface area contributed by atoms with Crippen LogP contribution in [0.5, 0.6) is 0 Å². The lowest BCUT2D eigenvalue weighted by Gasteiger charge is -2.23. The maximum Gasteiger partial charge on any atom is 0.306 e. The van der Waals surface area contributed by atoms with Crippen molar-refractivity contribution in [3.05, 3.63) is 0 Å². The Morgan fingerprint density at radius 2 is 2.07 bits per heavy atom. The maximum atomic E-state index is 10.8. The van der Waals surface area contributed by atoms with E-state index in [2.05, 4.69) is 0 Å². The minimum Gasteiger partial charge on any atom is -0.481 e. The maximum absolute atomic E-state index is 10.8. The third-order valence-electron chi connectivity index (χ3n) is 2.59. The SMILES string of the molecule is O=C(O)CC(C[SiH]1CCCCO1)C(=O)O. The van der Waals surface area contributed by atoms with Crippen molar-refractivity contribution in [3.8, 4) is 0 Å². The van der Waals surface area contributed by atoms with Gasteiger partial charge in [-0.15, -0.1) is 0 Å². The molecule has 1 saturated heterocycles. The van der Waals surface area contributed by atoms with Crippen LogP contribution in [0.25, 0.3) is 0 Å². The minimum absolute atomic E-state index is 0.289. The fourth-order valence-electron chi connectivity index (χ4n) is 1.79. The summed E-state index contributed by atoms with van der Waals surface area (Å²) in [5, 5.41) is 17.4. The van der Waals surface area contributed by atoms with Gasteiger partial charge in [-0.2, -0.15) is 0 Å². The molecule has 0 aromatic heterocycles. The molecule has 0 saturated carbocycles. The molecular weight excluding hydrogens is 216 g/mol. The molecule has 0 amide bonds. The van der Waals surface area contributed by atoms with Gasteiger partial charge in [0.2, 0.25) is 0 Å². The Morgan fingerprint density at radius 1 is 1.33 bits per heavy atom. The summed E-state index contributed by atoms with van der Waals surface area (Å²) < 4.78 is 5.52. The first kappa shape index (κ1) is 12.2. The quantitative estimate of drug-likeness (QED) is 0.681. The van der Waals surface area contributed by atoms with Crippen molar-refractivity contribution >= 4 is 21.0 Å². The van der Waals surface area contributed by atoms with Crippen LogP contribution in [-0.2, 0) is 14.0 Å². The van der Waals surface area contributed by atoms with E-state index in [1.807, 2.05) is 0 Å². The Bertz CT molecular complexity index is 237. The number of carbonyl (C=O) groups is 2. The summed E-state index contributed by atoms with van der Waals surface area (Å²) in [6.45, 7) is 0.719. The molecule has 1 rings (SSSR count). The summed E-state index contributed by atoms with van der Waals surface area (Å²) in [4.78, 5) is 21.3. The highest BCUT2D eigenvalue weighted by Gasteiger charge is 2.27. The molecule has 2 N–H and O–H groups in total. The van der Waals surface area contributed by atoms with E-state index in [1.54, 1.807) is 0 Å². The number of carboxylic acids is 2. The van der Waals surface area contributed by atoms with Crippen LogP contribution in [0.4, 0.5) is 0 Å². The molecule has 1 heterocycles. The zero-order valence-electron chi connectivity index (χ0n) is 8.52. The van der Waals surface area contributed by atoms with E-state index in [9.17, 15) is 9.59 Å². The molecule has 5 nitrogen and oxygen atoms in total. The molecule has 1 aliphatic heterocycles. The summed E-state index contributed by atoms with van der Waals surface area (Å²) in [6, 6.07) is 1.42. The van der Waals surface area contributed by atoms with Crippen molar-refractivity contribution in [1.82, 2.24) is 0 Å². The van der Waals surface area contributed by atoms with E-state index in [1.165, 1.54) is 0 Å². The van der Waals surface area contributed by atoms with Gasteiger partial charge >= 0.3 is 11.9 Å². The highest BCUT2D eigenvalue weighted by Crippen LogP contribution is 2.20. The van der Waals surface area contributed by atoms with Gasteiger partial charge < -0.3 is 14.6 Å². The first-order chi connectivity index (χ1) is 7.09. The number of hydrogen-bond donors (Lipinski definition) is 2. The highest BCUT2D eigenvalue weighted by molar-refractivity contribution is 6.52. The Hall–Kier alpha value is -0.883. The van der Waals surface area contributed by atoms with E-state index in [4.69, 9.17) is 14.6 Å². The molecule has 0 bridgehead atoms. The highest BCUT2D eigenvalue weighted by atomic mass is 28.3. The van der Waals surface area contributed by atoms with Gasteiger partial charge in [0.15, 0.2) is 9.04 Å². The zero-order chi connectivity index (χ0) is 11.3. The second-order valence-electron chi connectivity index (χ2n) is 3.86. The van der Waals surface area contributed by atoms with Crippen LogP contribution in [0, 0.1) is 5.92 Å². The van der Waals surface area contributed by atoms with Crippen molar-refractivity contribution in [2.45, 2.75) is 31.4 Å². The summed E-state index contributed by atoms with van der Waals surface area (Å²) in [5.41, 5.74) is 0. The lowest BCUT2D eigenvalue weighted by atomic mass is 10.1. The van der Waals surface area contributed by atoms with E-state index in [-0.39, 0.29) is 6.42 Å². The average Bonchev–Trinajstić information content (AvgIpc) is 2.17. The summed E-state index contributed by atoms with van der Waals surface area (Å²) in [7, 11) is -1.44. The van der Waals surface area contributed by atoms with Crippen LogP contribution in [0.3, 0.4) is 0 Å². The van der Waals surface area contributed by atoms with Gasteiger partial charge in [0, 0.05) is 6.61 Å². The first-order valence-corrected chi connectivity index (χ1v) is 7.26. The smallest absolute Gasteiger partial charge is 0.306 e. The van der Waals surface area contributed by atoms with Crippen LogP contribution in [0.15, 0.2) is 0 Å². The third kappa shape index (κ3) is 4.44. The fraction of sp³-hybridized carbons (Fsp3) is 0.778. The summed E-state index contributed by atoms with van der Waals surface area (Å²) >= 11 is 0. The van der Waals surface area contributed by atoms with Crippen LogP contribution in [0.1, 0.15) is 19.3 Å². The predicted molar refractivity (Wildman–Crippen MR) is 55.3 cm³/mol. The van der Waals surface area contributed by atoms with Crippen LogP contribution in [0.2, 0.25) is 12.1 Å². The van der Waals surface area contributed by atoms with Gasteiger partial charge in [-0.25, -0.2) is 0 Å². The van der Waals surface area contributed by atoms with Crippen molar-refractivity contribution in [3.63, 3.8) is 0 Å². The van der Waals surface area contributed by atoms with E-state index >= 15 is 0 Å². The molecule has 0 aliphatic carbocycles. The van der Waals surface area contributed by atoms with Crippen molar-refractivity contribution in [1.29, 1.82) is 0 Å². The first-order valence-electron chi connectivity index (χ1n) is 5.16. The van der Waals surface area contributed by atoms with E-state index in [0.717, 1.165) is 25.5 Å². The summed E-state index contributed by atoms with van der Waals surface area (Å²) in [5.74, 6) is -2.83. The molecule has 15 heavy (non-hydrogen) atoms. The minimum atomic E-state index is -1.44. The van der Waals surface area contributed by atoms with Crippen LogP contribution < -0.4 is 0 Å². The molecule has 0 aromatic carbocycles. The van der Waals surface area contributed by atoms with E-state index in [0.29, 0.717) is 6.04 Å². The van der Waals surface area contributed by atoms with E-state index < -0.39 is 26.9 Å². The third-order valence-corrected chi connectivity index (χ3v) is 5.45. The van der Waals surface area contributed by atoms with Crippen molar-refractivity contribution < 1.29 is 24.2 Å². The Balaban J connectivity index is 2.42. The lowest BCUT2D eigenvalue weighted by Crippen LogP contribution is -2.29. The Kier molecular flexibility index (Phi) is 4.77. The largest absolute Gasteiger partial charge is 0.481 e. The molecule has 1 aliphatic rings. The molecule has 86 valence electrons. The van der Waals surface area contributed by atoms with Crippen LogP contribution in [-0.4, -0.2) is 37.8 Å². The average molecular weight is 232 g/mol. The Morgan fingerprint density at radius 3 is 2.53 bits per heavy atom. The zero-order valence-corrected chi connectivity index (χ0v) is 9.67. The second kappa shape index (κ2) is 5.87. The molecule has 2 atom stereocenters. The molecule has 0 spiro atoms. The summed E-state index contributed by atoms with van der Waals surface area (Å²) in [6.07, 6.45) is 1.85. The number of hydrogen-bond acceptors (Lipinski definition) is 3. The standard InChI is InChI=1S/C9H16O5Si/c10-8(11)5-7(9(12)13)6-15-4-2-1-3-14-15/h7,15H,1-6H2,(H,10,11)(H,12,13). The topological polar surface area (TPSA) is 83.8 Å². The molecular formula is C9H16O5Si. The van der Waals surface area contributed by atoms with Gasteiger partial charge in [0.05, 0.1) is 12.3 Å². The molecule has 0 aromatic rings. The normalized spacial score (nSPS) is 23.3. The molecule has 0 radical (unpaired) electrons. The fourth-order valence-corrected chi connectivity index (χ4v) is 4.58. The van der Waals surface area contributed by atoms with Gasteiger partial charge in [0.25, 0.3) is 0 Å². The number of carboxylic acid groups (broad SMARTS) is 2. The lowest BCUT2D eigenvalue weighted by molar-refractivity contribution is -0.147.